The normalized spacial score (nSPS) is 50.1. The number of allylic oxidation sites excluding steroid dienone is 3. The Balaban J connectivity index is 1.80. The fourth-order valence-corrected chi connectivity index (χ4v) is 6.87. The van der Waals surface area contributed by atoms with Crippen LogP contribution < -0.4 is 0 Å². The van der Waals surface area contributed by atoms with Gasteiger partial charge < -0.3 is 5.11 Å². The molecule has 0 aromatic carbocycles. The summed E-state index contributed by atoms with van der Waals surface area (Å²) in [5.74, 6) is 0.413. The molecule has 0 heterocycles. The van der Waals surface area contributed by atoms with Crippen molar-refractivity contribution in [2.24, 2.45) is 28.1 Å². The lowest BCUT2D eigenvalue weighted by Crippen LogP contribution is -2.54. The van der Waals surface area contributed by atoms with E-state index in [1.54, 1.807) is 5.57 Å². The number of hydrogen-bond acceptors (Lipinski definition) is 1. The fraction of sp³-hybridized carbons (Fsp3) is 0.750. The quantitative estimate of drug-likeness (QED) is 0.695. The Kier molecular flexibility index (Phi) is 2.82. The average molecular weight is 300 g/mol. The zero-order valence-corrected chi connectivity index (χ0v) is 14.0. The minimum atomic E-state index is -0.579. The van der Waals surface area contributed by atoms with E-state index in [-0.39, 0.29) is 5.41 Å². The summed E-state index contributed by atoms with van der Waals surface area (Å²) in [5, 5.41) is 9.89. The molecule has 3 saturated carbocycles. The van der Waals surface area contributed by atoms with Crippen LogP contribution >= 0.6 is 0 Å². The molecule has 5 atom stereocenters. The number of carboxylic acids is 1. The van der Waals surface area contributed by atoms with Crippen molar-refractivity contribution in [2.45, 2.75) is 65.2 Å². The van der Waals surface area contributed by atoms with Crippen LogP contribution in [0.15, 0.2) is 23.8 Å². The molecule has 4 aliphatic carbocycles. The van der Waals surface area contributed by atoms with Gasteiger partial charge in [-0.05, 0) is 74.5 Å². The van der Waals surface area contributed by atoms with E-state index in [2.05, 4.69) is 19.6 Å². The zero-order valence-electron chi connectivity index (χ0n) is 14.0. The molecule has 4 rings (SSSR count). The summed E-state index contributed by atoms with van der Waals surface area (Å²) < 4.78 is 0. The topological polar surface area (TPSA) is 37.3 Å². The van der Waals surface area contributed by atoms with Crippen LogP contribution in [0, 0.1) is 28.1 Å². The van der Waals surface area contributed by atoms with Crippen LogP contribution in [0.4, 0.5) is 0 Å². The molecular formula is C20H28O2. The van der Waals surface area contributed by atoms with Gasteiger partial charge in [-0.3, -0.25) is 4.79 Å². The fourth-order valence-electron chi connectivity index (χ4n) is 6.87. The number of rotatable bonds is 1. The van der Waals surface area contributed by atoms with Crippen molar-refractivity contribution < 1.29 is 9.90 Å². The van der Waals surface area contributed by atoms with Crippen LogP contribution in [0.5, 0.6) is 0 Å². The largest absolute Gasteiger partial charge is 0.481 e. The second-order valence-corrected chi connectivity index (χ2v) is 8.95. The third kappa shape index (κ3) is 1.59. The maximum Gasteiger partial charge on any atom is 0.309 e. The first-order valence-electron chi connectivity index (χ1n) is 8.94. The van der Waals surface area contributed by atoms with Gasteiger partial charge in [0.2, 0.25) is 0 Å². The van der Waals surface area contributed by atoms with Gasteiger partial charge in [-0.15, -0.1) is 0 Å². The maximum atomic E-state index is 12.0. The zero-order chi connectivity index (χ0) is 15.8. The Morgan fingerprint density at radius 3 is 2.82 bits per heavy atom. The Hall–Kier alpha value is -1.05. The van der Waals surface area contributed by atoms with E-state index in [0.717, 1.165) is 32.1 Å². The lowest BCUT2D eigenvalue weighted by molar-refractivity contribution is -0.161. The summed E-state index contributed by atoms with van der Waals surface area (Å²) in [6.45, 7) is 8.73. The number of aliphatic carboxylic acids is 1. The Labute approximate surface area is 133 Å². The Morgan fingerprint density at radius 2 is 2.09 bits per heavy atom. The number of hydrogen-bond donors (Lipinski definition) is 1. The van der Waals surface area contributed by atoms with Crippen LogP contribution in [0.1, 0.15) is 65.2 Å². The predicted octanol–water partition coefficient (Wildman–Crippen LogP) is 4.96. The number of fused-ring (bicyclic) bond motifs is 3. The smallest absolute Gasteiger partial charge is 0.309 e. The Morgan fingerprint density at radius 1 is 1.32 bits per heavy atom. The molecule has 3 fully saturated rings. The van der Waals surface area contributed by atoms with Crippen molar-refractivity contribution in [1.82, 2.24) is 0 Å². The van der Waals surface area contributed by atoms with Crippen LogP contribution in [0.2, 0.25) is 0 Å². The molecule has 0 unspecified atom stereocenters. The summed E-state index contributed by atoms with van der Waals surface area (Å²) in [4.78, 5) is 12.0. The summed E-state index contributed by atoms with van der Waals surface area (Å²) in [6.07, 6.45) is 11.4. The summed E-state index contributed by atoms with van der Waals surface area (Å²) in [7, 11) is 0. The summed E-state index contributed by atoms with van der Waals surface area (Å²) >= 11 is 0. The van der Waals surface area contributed by atoms with Gasteiger partial charge in [-0.2, -0.15) is 0 Å². The SMILES string of the molecule is C=C1C[C@@]23CC[C@H]4[C@](C)(C(=O)O)CCC[C@@]4(C)C2=CC[C@@H]1C3. The molecule has 1 N–H and O–H groups in total. The van der Waals surface area contributed by atoms with E-state index in [1.807, 2.05) is 6.92 Å². The molecule has 120 valence electrons. The molecule has 0 aromatic heterocycles. The van der Waals surface area contributed by atoms with Crippen molar-refractivity contribution in [1.29, 1.82) is 0 Å². The van der Waals surface area contributed by atoms with E-state index in [4.69, 9.17) is 0 Å². The molecule has 2 bridgehead atoms. The van der Waals surface area contributed by atoms with Crippen molar-refractivity contribution in [3.8, 4) is 0 Å². The van der Waals surface area contributed by atoms with Crippen LogP contribution in [-0.4, -0.2) is 11.1 Å². The molecule has 0 aromatic rings. The van der Waals surface area contributed by atoms with Gasteiger partial charge in [-0.1, -0.05) is 37.1 Å². The summed E-state index contributed by atoms with van der Waals surface area (Å²) in [5.41, 5.74) is 2.96. The highest BCUT2D eigenvalue weighted by Crippen LogP contribution is 2.70. The first kappa shape index (κ1) is 14.5. The molecule has 0 saturated heterocycles. The standard InChI is InChI=1S/C20H28O2/c1-13-11-20-10-7-15-18(2,16(20)6-5-14(13)12-20)8-4-9-19(15,3)17(21)22/h6,14-15H,1,4-5,7-12H2,2-3H3,(H,21,22)/t14-,15-,18-,19-,20-/m1/s1. The van der Waals surface area contributed by atoms with Crippen LogP contribution in [0.25, 0.3) is 0 Å². The summed E-state index contributed by atoms with van der Waals surface area (Å²) in [6, 6.07) is 0. The second kappa shape index (κ2) is 4.27. The highest BCUT2D eigenvalue weighted by atomic mass is 16.4. The van der Waals surface area contributed by atoms with Crippen LogP contribution in [-0.2, 0) is 4.79 Å². The van der Waals surface area contributed by atoms with Gasteiger partial charge in [0, 0.05) is 0 Å². The number of carboxylic acid groups (broad SMARTS) is 1. The van der Waals surface area contributed by atoms with E-state index in [9.17, 15) is 9.90 Å². The van der Waals surface area contributed by atoms with Crippen LogP contribution in [0.3, 0.4) is 0 Å². The minimum absolute atomic E-state index is 0.0965. The van der Waals surface area contributed by atoms with Crippen molar-refractivity contribution in [3.63, 3.8) is 0 Å². The molecule has 0 aliphatic heterocycles. The third-order valence-electron chi connectivity index (χ3n) is 7.90. The average Bonchev–Trinajstić information content (AvgIpc) is 2.68. The molecule has 2 heteroatoms. The van der Waals surface area contributed by atoms with Crippen molar-refractivity contribution in [3.05, 3.63) is 23.8 Å². The molecular weight excluding hydrogens is 272 g/mol. The highest BCUT2D eigenvalue weighted by Gasteiger charge is 2.62. The molecule has 0 amide bonds. The maximum absolute atomic E-state index is 12.0. The van der Waals surface area contributed by atoms with Crippen molar-refractivity contribution >= 4 is 5.97 Å². The third-order valence-corrected chi connectivity index (χ3v) is 7.90. The van der Waals surface area contributed by atoms with E-state index in [1.165, 1.54) is 24.8 Å². The first-order valence-corrected chi connectivity index (χ1v) is 8.94. The van der Waals surface area contributed by atoms with Gasteiger partial charge in [0.1, 0.15) is 0 Å². The molecule has 1 spiro atoms. The van der Waals surface area contributed by atoms with Gasteiger partial charge in [-0.25, -0.2) is 0 Å². The van der Waals surface area contributed by atoms with E-state index >= 15 is 0 Å². The van der Waals surface area contributed by atoms with Gasteiger partial charge >= 0.3 is 5.97 Å². The minimum Gasteiger partial charge on any atom is -0.481 e. The Bertz CT molecular complexity index is 589. The molecule has 2 nitrogen and oxygen atoms in total. The predicted molar refractivity (Wildman–Crippen MR) is 87.4 cm³/mol. The van der Waals surface area contributed by atoms with E-state index < -0.39 is 11.4 Å². The molecule has 22 heavy (non-hydrogen) atoms. The highest BCUT2D eigenvalue weighted by molar-refractivity contribution is 5.75. The van der Waals surface area contributed by atoms with Gasteiger partial charge in [0.25, 0.3) is 0 Å². The molecule has 4 aliphatic rings. The van der Waals surface area contributed by atoms with Gasteiger partial charge in [0.15, 0.2) is 0 Å². The first-order chi connectivity index (χ1) is 10.3. The lowest BCUT2D eigenvalue weighted by Gasteiger charge is -2.60. The second-order valence-electron chi connectivity index (χ2n) is 8.95. The monoisotopic (exact) mass is 300 g/mol. The van der Waals surface area contributed by atoms with Gasteiger partial charge in [0.05, 0.1) is 5.41 Å². The van der Waals surface area contributed by atoms with Crippen molar-refractivity contribution in [2.75, 3.05) is 0 Å². The van der Waals surface area contributed by atoms with E-state index in [0.29, 0.717) is 17.3 Å². The molecule has 0 radical (unpaired) electrons. The number of carbonyl (C=O) groups is 1. The lowest BCUT2D eigenvalue weighted by atomic mass is 9.44.